The molecule has 0 fully saturated rings. The van der Waals surface area contributed by atoms with Gasteiger partial charge in [0.05, 0.1) is 33.5 Å². The molecule has 0 spiro atoms. The van der Waals surface area contributed by atoms with E-state index in [9.17, 15) is 19.2 Å². The highest BCUT2D eigenvalue weighted by molar-refractivity contribution is 6.05. The van der Waals surface area contributed by atoms with Crippen molar-refractivity contribution in [1.82, 2.24) is 38.7 Å². The van der Waals surface area contributed by atoms with E-state index >= 15 is 0 Å². The van der Waals surface area contributed by atoms with Crippen molar-refractivity contribution in [3.05, 3.63) is 94.1 Å². The van der Waals surface area contributed by atoms with E-state index in [4.69, 9.17) is 16.5 Å². The molecule has 6 aromatic rings. The molecule has 7 rings (SSSR count). The van der Waals surface area contributed by atoms with Gasteiger partial charge in [0, 0.05) is 42.9 Å². The van der Waals surface area contributed by atoms with Crippen molar-refractivity contribution >= 4 is 57.6 Å². The number of carbonyl (C=O) groups excluding carboxylic acids is 4. The molecule has 53 heavy (non-hydrogen) atoms. The monoisotopic (exact) mass is 716 g/mol. The van der Waals surface area contributed by atoms with Crippen LogP contribution in [0.3, 0.4) is 0 Å². The molecule has 4 amide bonds. The number of primary amides is 2. The largest absolute Gasteiger partial charge is 0.366 e. The fourth-order valence-electron chi connectivity index (χ4n) is 6.85. The molecular weight excluding hydrogens is 676 g/mol. The molecule has 272 valence electrons. The molecule has 16 heteroatoms. The smallest absolute Gasteiger partial charge is 0.276 e. The quantitative estimate of drug-likeness (QED) is 0.195. The predicted octanol–water partition coefficient (Wildman–Crippen LogP) is 4.10. The van der Waals surface area contributed by atoms with Gasteiger partial charge in [-0.05, 0) is 82.5 Å². The Morgan fingerprint density at radius 1 is 0.774 bits per heavy atom. The van der Waals surface area contributed by atoms with Gasteiger partial charge in [0.2, 0.25) is 23.7 Å². The van der Waals surface area contributed by atoms with Gasteiger partial charge < -0.3 is 20.6 Å². The Hall–Kier alpha value is -6.58. The highest BCUT2D eigenvalue weighted by Gasteiger charge is 2.24. The SMILES string of the molecule is CCn1nc(C)c2c1C(=O)Nc1nc3cc(C(N)=O)ccc3n1C/C=C/Cn1c(nc3cc(C(N)=O)ccc31)NC(=O)c1cc(C)nn1CCCCC2. The number of aryl methyl sites for hydroxylation is 4. The van der Waals surface area contributed by atoms with E-state index in [0.717, 1.165) is 30.5 Å². The first-order valence-corrected chi connectivity index (χ1v) is 17.5. The maximum atomic E-state index is 14.1. The third-order valence-electron chi connectivity index (χ3n) is 9.46. The van der Waals surface area contributed by atoms with E-state index in [1.54, 1.807) is 51.8 Å². The van der Waals surface area contributed by atoms with Gasteiger partial charge in [-0.1, -0.05) is 18.6 Å². The Kier molecular flexibility index (Phi) is 9.34. The summed E-state index contributed by atoms with van der Waals surface area (Å²) >= 11 is 0. The number of amides is 4. The van der Waals surface area contributed by atoms with Crippen molar-refractivity contribution in [3.63, 3.8) is 0 Å². The number of carbonyl (C=O) groups is 4. The van der Waals surface area contributed by atoms with Gasteiger partial charge in [0.25, 0.3) is 11.8 Å². The second-order valence-corrected chi connectivity index (χ2v) is 13.0. The van der Waals surface area contributed by atoms with Crippen LogP contribution in [0.4, 0.5) is 11.9 Å². The van der Waals surface area contributed by atoms with E-state index in [-0.39, 0.29) is 17.8 Å². The Balaban J connectivity index is 1.31. The number of allylic oxidation sites excluding steroid dienone is 2. The van der Waals surface area contributed by atoms with Gasteiger partial charge in [0.1, 0.15) is 11.4 Å². The van der Waals surface area contributed by atoms with Crippen molar-refractivity contribution < 1.29 is 19.2 Å². The van der Waals surface area contributed by atoms with Crippen LogP contribution in [0.5, 0.6) is 0 Å². The summed E-state index contributed by atoms with van der Waals surface area (Å²) in [5.74, 6) is -1.31. The number of nitrogens with two attached hydrogens (primary N) is 2. The Morgan fingerprint density at radius 2 is 1.36 bits per heavy atom. The number of nitrogens with one attached hydrogen (secondary N) is 2. The van der Waals surface area contributed by atoms with Crippen LogP contribution in [0.25, 0.3) is 22.1 Å². The van der Waals surface area contributed by atoms with E-state index in [2.05, 4.69) is 25.8 Å². The number of aromatic nitrogens is 8. The van der Waals surface area contributed by atoms with Gasteiger partial charge in [-0.2, -0.15) is 10.2 Å². The number of imidazole rings is 2. The lowest BCUT2D eigenvalue weighted by atomic mass is 10.0. The molecule has 0 bridgehead atoms. The second-order valence-electron chi connectivity index (χ2n) is 13.0. The lowest BCUT2D eigenvalue weighted by molar-refractivity contribution is 0.0992. The van der Waals surface area contributed by atoms with Gasteiger partial charge in [-0.25, -0.2) is 9.97 Å². The molecule has 0 saturated heterocycles. The number of hydrogen-bond donors (Lipinski definition) is 4. The molecule has 5 heterocycles. The molecule has 4 aromatic heterocycles. The number of fused-ring (bicyclic) bond motifs is 8. The number of hydrogen-bond acceptors (Lipinski definition) is 8. The zero-order chi connectivity index (χ0) is 37.4. The lowest BCUT2D eigenvalue weighted by Crippen LogP contribution is -2.21. The Labute approximate surface area is 303 Å². The summed E-state index contributed by atoms with van der Waals surface area (Å²) in [6.45, 7) is 7.30. The first-order chi connectivity index (χ1) is 25.5. The van der Waals surface area contributed by atoms with Crippen LogP contribution in [0.15, 0.2) is 54.6 Å². The van der Waals surface area contributed by atoms with Crippen LogP contribution in [-0.2, 0) is 32.6 Å². The maximum Gasteiger partial charge on any atom is 0.276 e. The molecule has 2 aromatic carbocycles. The Morgan fingerprint density at radius 3 is 1.92 bits per heavy atom. The lowest BCUT2D eigenvalue weighted by Gasteiger charge is -2.11. The molecule has 6 N–H and O–H groups in total. The van der Waals surface area contributed by atoms with Crippen molar-refractivity contribution in [1.29, 1.82) is 0 Å². The minimum atomic E-state index is -0.588. The van der Waals surface area contributed by atoms with Crippen molar-refractivity contribution in [2.45, 2.75) is 72.6 Å². The number of rotatable bonds is 3. The standard InChI is InChI=1S/C37H40N12O4/c1-4-48-31-25(22(3)45-48)10-6-5-7-17-49-30(18-21(2)44-49)34(52)42-36-40-26-19-23(32(38)50)11-13-28(26)46(36)15-8-9-16-47-29-14-12-24(33(39)51)20-27(29)41-37(47)43-35(31)53/h8-9,11-14,18-20H,4-7,10,15-17H2,1-3H3,(H2,38,50)(H2,39,51)(H,40,42,52)(H,41,43,53)/b9-8+. The van der Waals surface area contributed by atoms with Gasteiger partial charge in [-0.15, -0.1) is 0 Å². The van der Waals surface area contributed by atoms with Crippen molar-refractivity contribution in [2.75, 3.05) is 10.6 Å². The molecule has 1 aliphatic rings. The Bertz CT molecular complexity index is 2460. The minimum Gasteiger partial charge on any atom is -0.366 e. The molecule has 0 saturated carbocycles. The number of nitrogens with zero attached hydrogens (tertiary/aromatic N) is 8. The molecular formula is C37H40N12O4. The molecule has 16 nitrogen and oxygen atoms in total. The first kappa shape index (κ1) is 34.9. The van der Waals surface area contributed by atoms with Gasteiger partial charge >= 0.3 is 0 Å². The average molecular weight is 717 g/mol. The number of benzene rings is 2. The van der Waals surface area contributed by atoms with Gasteiger partial charge in [-0.3, -0.25) is 39.2 Å². The van der Waals surface area contributed by atoms with Crippen LogP contribution in [-0.4, -0.2) is 62.3 Å². The highest BCUT2D eigenvalue weighted by atomic mass is 16.2. The molecule has 0 aliphatic carbocycles. The predicted molar refractivity (Wildman–Crippen MR) is 199 cm³/mol. The van der Waals surface area contributed by atoms with E-state index < -0.39 is 11.8 Å². The zero-order valence-corrected chi connectivity index (χ0v) is 29.7. The normalized spacial score (nSPS) is 15.1. The van der Waals surface area contributed by atoms with E-state index in [1.807, 2.05) is 42.1 Å². The maximum absolute atomic E-state index is 14.1. The summed E-state index contributed by atoms with van der Waals surface area (Å²) in [4.78, 5) is 61.2. The summed E-state index contributed by atoms with van der Waals surface area (Å²) in [5.41, 5.74) is 17.3. The summed E-state index contributed by atoms with van der Waals surface area (Å²) in [6, 6.07) is 11.7. The zero-order valence-electron chi connectivity index (χ0n) is 29.7. The average Bonchev–Trinajstić information content (AvgIpc) is 3.86. The van der Waals surface area contributed by atoms with Crippen LogP contribution in [0, 0.1) is 13.8 Å². The highest BCUT2D eigenvalue weighted by Crippen LogP contribution is 2.26. The van der Waals surface area contributed by atoms with Crippen LogP contribution in [0.1, 0.15) is 84.8 Å². The molecule has 0 atom stereocenters. The van der Waals surface area contributed by atoms with Crippen LogP contribution < -0.4 is 22.1 Å². The topological polar surface area (TPSA) is 216 Å². The molecule has 0 unspecified atom stereocenters. The van der Waals surface area contributed by atoms with Crippen molar-refractivity contribution in [3.8, 4) is 0 Å². The molecule has 1 aliphatic heterocycles. The summed E-state index contributed by atoms with van der Waals surface area (Å²) in [7, 11) is 0. The first-order valence-electron chi connectivity index (χ1n) is 17.5. The number of anilines is 2. The van der Waals surface area contributed by atoms with Crippen molar-refractivity contribution in [2.24, 2.45) is 11.5 Å². The summed E-state index contributed by atoms with van der Waals surface area (Å²) < 4.78 is 7.09. The van der Waals surface area contributed by atoms with Gasteiger partial charge in [0.15, 0.2) is 0 Å². The van der Waals surface area contributed by atoms with E-state index in [0.29, 0.717) is 88.8 Å². The fraction of sp³-hybridized carbons (Fsp3) is 0.297. The summed E-state index contributed by atoms with van der Waals surface area (Å²) in [6.07, 6.45) is 6.79. The third kappa shape index (κ3) is 6.78. The third-order valence-corrected chi connectivity index (χ3v) is 9.46. The fourth-order valence-corrected chi connectivity index (χ4v) is 6.85. The second kappa shape index (κ2) is 14.2. The summed E-state index contributed by atoms with van der Waals surface area (Å²) in [5, 5.41) is 15.3. The van der Waals surface area contributed by atoms with Crippen LogP contribution >= 0.6 is 0 Å². The van der Waals surface area contributed by atoms with E-state index in [1.165, 1.54) is 0 Å². The van der Waals surface area contributed by atoms with Crippen LogP contribution in [0.2, 0.25) is 0 Å². The minimum absolute atomic E-state index is 0.283. The molecule has 0 radical (unpaired) electrons.